The zero-order valence-electron chi connectivity index (χ0n) is 14.3. The maximum absolute atomic E-state index is 12.2. The van der Waals surface area contributed by atoms with Crippen molar-refractivity contribution in [3.05, 3.63) is 39.2 Å². The summed E-state index contributed by atoms with van der Waals surface area (Å²) in [7, 11) is 0. The number of carboxylic acids is 1. The van der Waals surface area contributed by atoms with E-state index in [4.69, 9.17) is 4.42 Å². The number of hydrogen-bond donors (Lipinski definition) is 2. The number of rotatable bonds is 6. The van der Waals surface area contributed by atoms with Crippen LogP contribution in [0.3, 0.4) is 0 Å². The van der Waals surface area contributed by atoms with E-state index < -0.39 is 23.5 Å². The van der Waals surface area contributed by atoms with Crippen molar-refractivity contribution < 1.29 is 24.2 Å². The van der Waals surface area contributed by atoms with Crippen molar-refractivity contribution in [1.29, 1.82) is 0 Å². The first-order chi connectivity index (χ1) is 11.8. The molecule has 0 aliphatic heterocycles. The van der Waals surface area contributed by atoms with Gasteiger partial charge in [-0.15, -0.1) is 0 Å². The molecule has 0 saturated heterocycles. The normalized spacial score (nSPS) is 12.1. The number of carbonyl (C=O) groups excluding carboxylic acids is 2. The minimum Gasteiger partial charge on any atom is -0.548 e. The lowest BCUT2D eigenvalue weighted by atomic mass is 10.0. The van der Waals surface area contributed by atoms with Crippen LogP contribution in [0.25, 0.3) is 11.0 Å². The zero-order valence-corrected chi connectivity index (χ0v) is 14.3. The molecule has 1 aromatic heterocycles. The lowest BCUT2D eigenvalue weighted by Crippen LogP contribution is -2.48. The average Bonchev–Trinajstić information content (AvgIpc) is 2.55. The number of carbonyl (C=O) groups is 2. The number of amides is 1. The van der Waals surface area contributed by atoms with E-state index >= 15 is 0 Å². The lowest BCUT2D eigenvalue weighted by Gasteiger charge is -2.19. The Hall–Kier alpha value is -2.83. The summed E-state index contributed by atoms with van der Waals surface area (Å²) in [5.41, 5.74) is 0.738. The third kappa shape index (κ3) is 3.81. The molecule has 7 nitrogen and oxygen atoms in total. The number of phenols is 1. The number of hydrogen-bond acceptors (Lipinski definition) is 6. The van der Waals surface area contributed by atoms with Crippen molar-refractivity contribution in [1.82, 2.24) is 5.32 Å². The van der Waals surface area contributed by atoms with Crippen molar-refractivity contribution >= 4 is 22.8 Å². The predicted molar refractivity (Wildman–Crippen MR) is 89.2 cm³/mol. The van der Waals surface area contributed by atoms with Crippen LogP contribution in [0, 0.1) is 13.8 Å². The van der Waals surface area contributed by atoms with E-state index in [2.05, 4.69) is 5.32 Å². The van der Waals surface area contributed by atoms with Gasteiger partial charge in [0.25, 0.3) is 0 Å². The van der Waals surface area contributed by atoms with Crippen LogP contribution < -0.4 is 16.0 Å². The van der Waals surface area contributed by atoms with Gasteiger partial charge in [-0.25, -0.2) is 4.79 Å². The highest BCUT2D eigenvalue weighted by molar-refractivity contribution is 5.88. The summed E-state index contributed by atoms with van der Waals surface area (Å²) in [4.78, 5) is 35.4. The Morgan fingerprint density at radius 2 is 1.96 bits per heavy atom. The fourth-order valence-electron chi connectivity index (χ4n) is 2.73. The number of benzene rings is 1. The molecule has 0 saturated carbocycles. The summed E-state index contributed by atoms with van der Waals surface area (Å²) in [5.74, 6) is -1.94. The van der Waals surface area contributed by atoms with Crippen LogP contribution >= 0.6 is 0 Å². The number of nitrogens with one attached hydrogen (secondary N) is 1. The molecule has 0 bridgehead atoms. The Morgan fingerprint density at radius 3 is 2.56 bits per heavy atom. The monoisotopic (exact) mass is 346 g/mol. The summed E-state index contributed by atoms with van der Waals surface area (Å²) in [6, 6.07) is 2.00. The highest BCUT2D eigenvalue weighted by atomic mass is 16.4. The predicted octanol–water partition coefficient (Wildman–Crippen LogP) is 0.693. The average molecular weight is 346 g/mol. The standard InChI is InChI=1S/C18H21NO6/c1-4-5-13(17(22)23)19-15(21)8-12-9(2)11-6-7-14(20)10(3)16(11)25-18(12)24/h6-7,13,20H,4-5,8H2,1-3H3,(H,19,21)(H,22,23)/p-1/t13-/m0/s1. The first-order valence-corrected chi connectivity index (χ1v) is 8.01. The summed E-state index contributed by atoms with van der Waals surface area (Å²) < 4.78 is 5.26. The van der Waals surface area contributed by atoms with Crippen molar-refractivity contribution in [3.8, 4) is 5.75 Å². The quantitative estimate of drug-likeness (QED) is 0.743. The first kappa shape index (κ1) is 18.5. The van der Waals surface area contributed by atoms with Crippen molar-refractivity contribution in [3.63, 3.8) is 0 Å². The topological polar surface area (TPSA) is 120 Å². The van der Waals surface area contributed by atoms with Crippen LogP contribution in [-0.2, 0) is 16.0 Å². The van der Waals surface area contributed by atoms with Gasteiger partial charge >= 0.3 is 5.63 Å². The summed E-state index contributed by atoms with van der Waals surface area (Å²) >= 11 is 0. The van der Waals surface area contributed by atoms with E-state index in [0.29, 0.717) is 22.9 Å². The molecule has 0 fully saturated rings. The molecule has 0 unspecified atom stereocenters. The molecule has 0 radical (unpaired) electrons. The fraction of sp³-hybridized carbons (Fsp3) is 0.389. The van der Waals surface area contributed by atoms with Gasteiger partial charge in [-0.1, -0.05) is 13.3 Å². The second-order valence-corrected chi connectivity index (χ2v) is 5.98. The van der Waals surface area contributed by atoms with Crippen LogP contribution in [0.2, 0.25) is 0 Å². The number of carboxylic acid groups (broad SMARTS) is 1. The number of aliphatic carboxylic acids is 1. The van der Waals surface area contributed by atoms with E-state index in [1.54, 1.807) is 26.8 Å². The molecule has 2 aromatic rings. The van der Waals surface area contributed by atoms with Gasteiger partial charge in [0, 0.05) is 10.9 Å². The lowest BCUT2D eigenvalue weighted by molar-refractivity contribution is -0.308. The molecule has 134 valence electrons. The number of aryl methyl sites for hydroxylation is 2. The third-order valence-corrected chi connectivity index (χ3v) is 4.21. The molecule has 1 heterocycles. The van der Waals surface area contributed by atoms with E-state index in [0.717, 1.165) is 0 Å². The fourth-order valence-corrected chi connectivity index (χ4v) is 2.73. The minimum atomic E-state index is -1.36. The van der Waals surface area contributed by atoms with E-state index in [1.165, 1.54) is 6.07 Å². The second kappa shape index (κ2) is 7.38. The molecule has 0 spiro atoms. The van der Waals surface area contributed by atoms with Gasteiger partial charge in [-0.3, -0.25) is 4.79 Å². The molecule has 25 heavy (non-hydrogen) atoms. The molecule has 0 aliphatic carbocycles. The smallest absolute Gasteiger partial charge is 0.340 e. The Bertz CT molecular complexity index is 883. The number of aromatic hydroxyl groups is 1. The van der Waals surface area contributed by atoms with Crippen molar-refractivity contribution in [2.45, 2.75) is 46.1 Å². The Labute approximate surface area is 144 Å². The number of phenolic OH excluding ortho intramolecular Hbond substituents is 1. The minimum absolute atomic E-state index is 0.0110. The van der Waals surface area contributed by atoms with Crippen molar-refractivity contribution in [2.75, 3.05) is 0 Å². The molecule has 0 aliphatic rings. The summed E-state index contributed by atoms with van der Waals surface area (Å²) in [6.07, 6.45) is 0.522. The Morgan fingerprint density at radius 1 is 1.28 bits per heavy atom. The van der Waals surface area contributed by atoms with Gasteiger partial charge in [0.05, 0.1) is 24.0 Å². The zero-order chi connectivity index (χ0) is 18.7. The molecule has 2 rings (SSSR count). The van der Waals surface area contributed by atoms with Gasteiger partial charge in [-0.2, -0.15) is 0 Å². The Kier molecular flexibility index (Phi) is 5.46. The molecule has 1 atom stereocenters. The molecule has 2 N–H and O–H groups in total. The van der Waals surface area contributed by atoms with E-state index in [1.807, 2.05) is 0 Å². The summed E-state index contributed by atoms with van der Waals surface area (Å²) in [6.45, 7) is 5.10. The summed E-state index contributed by atoms with van der Waals surface area (Å²) in [5, 5.41) is 23.7. The first-order valence-electron chi connectivity index (χ1n) is 8.01. The van der Waals surface area contributed by atoms with E-state index in [9.17, 15) is 24.6 Å². The van der Waals surface area contributed by atoms with Crippen LogP contribution in [-0.4, -0.2) is 23.0 Å². The molecular formula is C18H20NO6-. The SMILES string of the molecule is CCC[C@H](NC(=O)Cc1c(C)c2ccc(O)c(C)c2oc1=O)C(=O)[O-]. The molecule has 1 amide bonds. The van der Waals surface area contributed by atoms with Gasteiger partial charge in [-0.05, 0) is 38.0 Å². The molecular weight excluding hydrogens is 326 g/mol. The van der Waals surface area contributed by atoms with Crippen LogP contribution in [0.5, 0.6) is 5.75 Å². The van der Waals surface area contributed by atoms with Gasteiger partial charge in [0.15, 0.2) is 0 Å². The number of fused-ring (bicyclic) bond motifs is 1. The molecule has 1 aromatic carbocycles. The largest absolute Gasteiger partial charge is 0.548 e. The van der Waals surface area contributed by atoms with Crippen LogP contribution in [0.4, 0.5) is 0 Å². The van der Waals surface area contributed by atoms with E-state index in [-0.39, 0.29) is 29.7 Å². The maximum Gasteiger partial charge on any atom is 0.340 e. The van der Waals surface area contributed by atoms with Crippen molar-refractivity contribution in [2.24, 2.45) is 0 Å². The van der Waals surface area contributed by atoms with Gasteiger partial charge in [0.1, 0.15) is 11.3 Å². The van der Waals surface area contributed by atoms with Crippen LogP contribution in [0.1, 0.15) is 36.5 Å². The Balaban J connectivity index is 2.35. The highest BCUT2D eigenvalue weighted by Crippen LogP contribution is 2.28. The third-order valence-electron chi connectivity index (χ3n) is 4.21. The van der Waals surface area contributed by atoms with Gasteiger partial charge < -0.3 is 24.7 Å². The molecule has 7 heteroatoms. The second-order valence-electron chi connectivity index (χ2n) is 5.98. The maximum atomic E-state index is 12.2. The van der Waals surface area contributed by atoms with Crippen LogP contribution in [0.15, 0.2) is 21.3 Å². The highest BCUT2D eigenvalue weighted by Gasteiger charge is 2.19. The van der Waals surface area contributed by atoms with Gasteiger partial charge in [0.2, 0.25) is 5.91 Å².